The zero-order valence-corrected chi connectivity index (χ0v) is 15.6. The molecule has 0 bridgehead atoms. The van der Waals surface area contributed by atoms with E-state index in [9.17, 15) is 13.2 Å². The molecular formula is C19H25NO4S. The molecule has 1 aromatic carbocycles. The highest BCUT2D eigenvalue weighted by Crippen LogP contribution is 2.42. The fourth-order valence-corrected chi connectivity index (χ4v) is 5.53. The van der Waals surface area contributed by atoms with E-state index in [0.29, 0.717) is 19.4 Å². The van der Waals surface area contributed by atoms with Gasteiger partial charge in [0.15, 0.2) is 9.84 Å². The SMILES string of the molecule is C=CCN(C(=O)C1CC(C)(C)Oc2ccccc21)C1CCS(=O)(=O)C1. The number of rotatable bonds is 4. The molecule has 2 atom stereocenters. The summed E-state index contributed by atoms with van der Waals surface area (Å²) in [5, 5.41) is 0. The quantitative estimate of drug-likeness (QED) is 0.771. The third-order valence-corrected chi connectivity index (χ3v) is 6.68. The van der Waals surface area contributed by atoms with Gasteiger partial charge in [0, 0.05) is 24.6 Å². The van der Waals surface area contributed by atoms with Crippen molar-refractivity contribution >= 4 is 15.7 Å². The predicted octanol–water partition coefficient (Wildman–Crippen LogP) is 2.53. The van der Waals surface area contributed by atoms with Gasteiger partial charge in [-0.1, -0.05) is 24.3 Å². The molecular weight excluding hydrogens is 338 g/mol. The van der Waals surface area contributed by atoms with Crippen molar-refractivity contribution in [3.63, 3.8) is 0 Å². The number of carbonyl (C=O) groups is 1. The van der Waals surface area contributed by atoms with Gasteiger partial charge in [-0.15, -0.1) is 6.58 Å². The van der Waals surface area contributed by atoms with Crippen LogP contribution in [-0.4, -0.2) is 48.9 Å². The number of fused-ring (bicyclic) bond motifs is 1. The van der Waals surface area contributed by atoms with Gasteiger partial charge < -0.3 is 9.64 Å². The average molecular weight is 363 g/mol. The van der Waals surface area contributed by atoms with Crippen molar-refractivity contribution in [3.05, 3.63) is 42.5 Å². The number of carbonyl (C=O) groups excluding carboxylic acids is 1. The van der Waals surface area contributed by atoms with Gasteiger partial charge in [-0.2, -0.15) is 0 Å². The fraction of sp³-hybridized carbons (Fsp3) is 0.526. The van der Waals surface area contributed by atoms with Gasteiger partial charge in [0.2, 0.25) is 5.91 Å². The Kier molecular flexibility index (Phi) is 4.66. The fourth-order valence-electron chi connectivity index (χ4n) is 3.80. The minimum Gasteiger partial charge on any atom is -0.488 e. The van der Waals surface area contributed by atoms with Crippen molar-refractivity contribution in [1.82, 2.24) is 4.90 Å². The molecule has 25 heavy (non-hydrogen) atoms. The van der Waals surface area contributed by atoms with E-state index in [1.807, 2.05) is 38.1 Å². The van der Waals surface area contributed by atoms with Crippen LogP contribution in [0.25, 0.3) is 0 Å². The van der Waals surface area contributed by atoms with E-state index in [4.69, 9.17) is 4.74 Å². The van der Waals surface area contributed by atoms with E-state index in [2.05, 4.69) is 6.58 Å². The molecule has 0 radical (unpaired) electrons. The van der Waals surface area contributed by atoms with Crippen LogP contribution in [0, 0.1) is 0 Å². The van der Waals surface area contributed by atoms with Gasteiger partial charge >= 0.3 is 0 Å². The molecule has 1 saturated heterocycles. The third-order valence-electron chi connectivity index (χ3n) is 4.93. The molecule has 3 rings (SSSR count). The molecule has 0 saturated carbocycles. The highest BCUT2D eigenvalue weighted by atomic mass is 32.2. The van der Waals surface area contributed by atoms with Crippen molar-refractivity contribution in [2.75, 3.05) is 18.1 Å². The summed E-state index contributed by atoms with van der Waals surface area (Å²) in [4.78, 5) is 15.1. The zero-order chi connectivity index (χ0) is 18.2. The summed E-state index contributed by atoms with van der Waals surface area (Å²) in [5.41, 5.74) is 0.428. The maximum atomic E-state index is 13.4. The number of hydrogen-bond donors (Lipinski definition) is 0. The van der Waals surface area contributed by atoms with E-state index in [1.165, 1.54) is 0 Å². The monoisotopic (exact) mass is 363 g/mol. The summed E-state index contributed by atoms with van der Waals surface area (Å²) in [6, 6.07) is 7.33. The van der Waals surface area contributed by atoms with Crippen LogP contribution in [0.15, 0.2) is 36.9 Å². The van der Waals surface area contributed by atoms with E-state index < -0.39 is 15.4 Å². The van der Waals surface area contributed by atoms with Gasteiger partial charge in [0.05, 0.1) is 17.4 Å². The van der Waals surface area contributed by atoms with Gasteiger partial charge in [0.1, 0.15) is 11.4 Å². The Balaban J connectivity index is 1.93. The summed E-state index contributed by atoms with van der Waals surface area (Å²) in [5.74, 6) is 0.554. The first-order valence-corrected chi connectivity index (χ1v) is 10.4. The summed E-state index contributed by atoms with van der Waals surface area (Å²) in [6.07, 6.45) is 2.73. The van der Waals surface area contributed by atoms with Crippen LogP contribution in [0.1, 0.15) is 38.2 Å². The van der Waals surface area contributed by atoms with Crippen molar-refractivity contribution < 1.29 is 17.9 Å². The molecule has 2 heterocycles. The molecule has 2 aliphatic rings. The van der Waals surface area contributed by atoms with E-state index in [1.54, 1.807) is 11.0 Å². The Bertz CT molecular complexity index is 784. The summed E-state index contributed by atoms with van der Waals surface area (Å²) in [7, 11) is -3.06. The first-order chi connectivity index (χ1) is 11.7. The molecule has 1 fully saturated rings. The Morgan fingerprint density at radius 3 is 2.76 bits per heavy atom. The Morgan fingerprint density at radius 1 is 1.40 bits per heavy atom. The van der Waals surface area contributed by atoms with Crippen LogP contribution >= 0.6 is 0 Å². The normalized spacial score (nSPS) is 26.3. The lowest BCUT2D eigenvalue weighted by Crippen LogP contribution is -2.47. The second-order valence-electron chi connectivity index (χ2n) is 7.49. The molecule has 1 amide bonds. The van der Waals surface area contributed by atoms with Crippen LogP contribution in [-0.2, 0) is 14.6 Å². The minimum absolute atomic E-state index is 0.0363. The summed E-state index contributed by atoms with van der Waals surface area (Å²) < 4.78 is 29.7. The maximum Gasteiger partial charge on any atom is 0.230 e. The molecule has 6 heteroatoms. The number of hydrogen-bond acceptors (Lipinski definition) is 4. The van der Waals surface area contributed by atoms with Gasteiger partial charge in [-0.05, 0) is 26.3 Å². The molecule has 0 aliphatic carbocycles. The van der Waals surface area contributed by atoms with Gasteiger partial charge in [-0.25, -0.2) is 8.42 Å². The first-order valence-electron chi connectivity index (χ1n) is 8.62. The lowest BCUT2D eigenvalue weighted by atomic mass is 9.83. The molecule has 2 aliphatic heterocycles. The van der Waals surface area contributed by atoms with Crippen LogP contribution in [0.4, 0.5) is 0 Å². The topological polar surface area (TPSA) is 63.7 Å². The molecule has 2 unspecified atom stereocenters. The van der Waals surface area contributed by atoms with Crippen LogP contribution in [0.2, 0.25) is 0 Å². The summed E-state index contributed by atoms with van der Waals surface area (Å²) in [6.45, 7) is 8.05. The van der Waals surface area contributed by atoms with Crippen LogP contribution in [0.3, 0.4) is 0 Å². The minimum atomic E-state index is -3.06. The predicted molar refractivity (Wildman–Crippen MR) is 97.5 cm³/mol. The van der Waals surface area contributed by atoms with Crippen LogP contribution in [0.5, 0.6) is 5.75 Å². The number of nitrogens with zero attached hydrogens (tertiary/aromatic N) is 1. The molecule has 0 spiro atoms. The third kappa shape index (κ3) is 3.73. The lowest BCUT2D eigenvalue weighted by Gasteiger charge is -2.39. The number of benzene rings is 1. The van der Waals surface area contributed by atoms with E-state index >= 15 is 0 Å². The van der Waals surface area contributed by atoms with Crippen molar-refractivity contribution in [2.24, 2.45) is 0 Å². The number of sulfone groups is 1. The van der Waals surface area contributed by atoms with Gasteiger partial charge in [0.25, 0.3) is 0 Å². The zero-order valence-electron chi connectivity index (χ0n) is 14.8. The Labute approximate surface area is 149 Å². The molecule has 1 aromatic rings. The second kappa shape index (κ2) is 6.48. The number of ether oxygens (including phenoxy) is 1. The Morgan fingerprint density at radius 2 is 2.12 bits per heavy atom. The van der Waals surface area contributed by atoms with Gasteiger partial charge in [-0.3, -0.25) is 4.79 Å². The highest BCUT2D eigenvalue weighted by molar-refractivity contribution is 7.91. The van der Waals surface area contributed by atoms with E-state index in [-0.39, 0.29) is 29.4 Å². The molecule has 5 nitrogen and oxygen atoms in total. The number of amides is 1. The largest absolute Gasteiger partial charge is 0.488 e. The number of para-hydroxylation sites is 1. The molecule has 0 N–H and O–H groups in total. The lowest BCUT2D eigenvalue weighted by molar-refractivity contribution is -0.136. The highest BCUT2D eigenvalue weighted by Gasteiger charge is 2.42. The molecule has 136 valence electrons. The second-order valence-corrected chi connectivity index (χ2v) is 9.72. The van der Waals surface area contributed by atoms with Crippen LogP contribution < -0.4 is 4.74 Å². The summed E-state index contributed by atoms with van der Waals surface area (Å²) >= 11 is 0. The van der Waals surface area contributed by atoms with Crippen molar-refractivity contribution in [1.29, 1.82) is 0 Å². The smallest absolute Gasteiger partial charge is 0.230 e. The maximum absolute atomic E-state index is 13.4. The van der Waals surface area contributed by atoms with E-state index in [0.717, 1.165) is 11.3 Å². The average Bonchev–Trinajstić information content (AvgIpc) is 2.90. The van der Waals surface area contributed by atoms with Crippen molar-refractivity contribution in [3.8, 4) is 5.75 Å². The Hall–Kier alpha value is -1.82. The standard InChI is InChI=1S/C19H25NO4S/c1-4-10-20(14-9-11-25(22,23)13-14)18(21)16-12-19(2,3)24-17-8-6-5-7-15(16)17/h4-8,14,16H,1,9-13H2,2-3H3. The van der Waals surface area contributed by atoms with Crippen molar-refractivity contribution in [2.45, 2.75) is 44.2 Å². The molecule has 0 aromatic heterocycles. The first kappa shape index (κ1) is 18.0.